The summed E-state index contributed by atoms with van der Waals surface area (Å²) in [7, 11) is 1.65. The molecule has 134 valence electrons. The van der Waals surface area contributed by atoms with Crippen LogP contribution in [0.15, 0.2) is 48.5 Å². The van der Waals surface area contributed by atoms with Gasteiger partial charge < -0.3 is 20.5 Å². The molecule has 2 rings (SSSR count). The zero-order valence-corrected chi connectivity index (χ0v) is 14.8. The topological polar surface area (TPSA) is 70.6 Å². The summed E-state index contributed by atoms with van der Waals surface area (Å²) in [5.41, 5.74) is 4.15. The standard InChI is InChI=1S/C20H26N2O3/c1-3-15-8-10-16(11-9-15)19(13-23)22-20(24)21-12-17-6-4-5-7-18(17)14-25-2/h4-11,19,23H,3,12-14H2,1-2H3,(H2,21,22,24). The molecule has 0 radical (unpaired) electrons. The number of hydrogen-bond acceptors (Lipinski definition) is 3. The molecule has 0 aromatic heterocycles. The Morgan fingerprint density at radius 3 is 2.40 bits per heavy atom. The van der Waals surface area contributed by atoms with Crippen LogP contribution in [0.25, 0.3) is 0 Å². The van der Waals surface area contributed by atoms with Crippen molar-refractivity contribution >= 4 is 6.03 Å². The molecular formula is C20H26N2O3. The van der Waals surface area contributed by atoms with Crippen molar-refractivity contribution in [3.8, 4) is 0 Å². The van der Waals surface area contributed by atoms with Crippen LogP contribution in [0.5, 0.6) is 0 Å². The minimum absolute atomic E-state index is 0.154. The molecule has 5 heteroatoms. The number of benzene rings is 2. The van der Waals surface area contributed by atoms with Crippen LogP contribution in [0.1, 0.15) is 35.2 Å². The molecule has 1 atom stereocenters. The van der Waals surface area contributed by atoms with Crippen molar-refractivity contribution in [2.24, 2.45) is 0 Å². The molecule has 0 aliphatic heterocycles. The van der Waals surface area contributed by atoms with Crippen molar-refractivity contribution in [2.45, 2.75) is 32.5 Å². The van der Waals surface area contributed by atoms with Gasteiger partial charge in [0.15, 0.2) is 0 Å². The van der Waals surface area contributed by atoms with Crippen LogP contribution in [0.2, 0.25) is 0 Å². The van der Waals surface area contributed by atoms with E-state index in [4.69, 9.17) is 4.74 Å². The molecule has 0 aliphatic rings. The highest BCUT2D eigenvalue weighted by atomic mass is 16.5. The minimum atomic E-state index is -0.430. The van der Waals surface area contributed by atoms with Gasteiger partial charge in [-0.3, -0.25) is 0 Å². The molecule has 2 aromatic carbocycles. The van der Waals surface area contributed by atoms with Crippen LogP contribution in [0, 0.1) is 0 Å². The molecule has 3 N–H and O–H groups in total. The molecule has 2 aromatic rings. The Labute approximate surface area is 149 Å². The molecule has 25 heavy (non-hydrogen) atoms. The number of nitrogens with one attached hydrogen (secondary N) is 2. The Morgan fingerprint density at radius 2 is 1.80 bits per heavy atom. The highest BCUT2D eigenvalue weighted by Crippen LogP contribution is 2.14. The number of rotatable bonds is 8. The van der Waals surface area contributed by atoms with Crippen LogP contribution in [-0.2, 0) is 24.3 Å². The lowest BCUT2D eigenvalue weighted by Crippen LogP contribution is -2.39. The van der Waals surface area contributed by atoms with E-state index in [0.717, 1.165) is 23.1 Å². The monoisotopic (exact) mass is 342 g/mol. The number of ether oxygens (including phenoxy) is 1. The Morgan fingerprint density at radius 1 is 1.12 bits per heavy atom. The lowest BCUT2D eigenvalue weighted by Gasteiger charge is -2.18. The number of aryl methyl sites for hydroxylation is 1. The van der Waals surface area contributed by atoms with Gasteiger partial charge in [-0.05, 0) is 28.7 Å². The highest BCUT2D eigenvalue weighted by molar-refractivity contribution is 5.74. The fourth-order valence-corrected chi connectivity index (χ4v) is 2.63. The third kappa shape index (κ3) is 5.59. The lowest BCUT2D eigenvalue weighted by atomic mass is 10.0. The molecule has 0 heterocycles. The summed E-state index contributed by atoms with van der Waals surface area (Å²) in [5.74, 6) is 0. The van der Waals surface area contributed by atoms with Crippen molar-refractivity contribution in [3.05, 3.63) is 70.8 Å². The fraction of sp³-hybridized carbons (Fsp3) is 0.350. The lowest BCUT2D eigenvalue weighted by molar-refractivity contribution is 0.184. The normalized spacial score (nSPS) is 11.8. The number of carbonyl (C=O) groups excluding carboxylic acids is 1. The average molecular weight is 342 g/mol. The maximum atomic E-state index is 12.2. The van der Waals surface area contributed by atoms with Crippen LogP contribution < -0.4 is 10.6 Å². The summed E-state index contributed by atoms with van der Waals surface area (Å²) in [6.07, 6.45) is 0.957. The van der Waals surface area contributed by atoms with E-state index < -0.39 is 6.04 Å². The van der Waals surface area contributed by atoms with Crippen molar-refractivity contribution < 1.29 is 14.6 Å². The minimum Gasteiger partial charge on any atom is -0.394 e. The smallest absolute Gasteiger partial charge is 0.315 e. The maximum Gasteiger partial charge on any atom is 0.315 e. The quantitative estimate of drug-likeness (QED) is 0.691. The van der Waals surface area contributed by atoms with E-state index in [0.29, 0.717) is 13.2 Å². The summed E-state index contributed by atoms with van der Waals surface area (Å²) < 4.78 is 5.17. The van der Waals surface area contributed by atoms with Gasteiger partial charge in [-0.1, -0.05) is 55.5 Å². The van der Waals surface area contributed by atoms with Crippen molar-refractivity contribution in [1.82, 2.24) is 10.6 Å². The first kappa shape index (κ1) is 19.0. The van der Waals surface area contributed by atoms with Gasteiger partial charge in [-0.15, -0.1) is 0 Å². The second-order valence-corrected chi connectivity index (χ2v) is 5.86. The SMILES string of the molecule is CCc1ccc(C(CO)NC(=O)NCc2ccccc2COC)cc1. The first-order chi connectivity index (χ1) is 12.2. The molecule has 0 fully saturated rings. The first-order valence-electron chi connectivity index (χ1n) is 8.47. The van der Waals surface area contributed by atoms with Gasteiger partial charge in [0.1, 0.15) is 0 Å². The zero-order valence-electron chi connectivity index (χ0n) is 14.8. The van der Waals surface area contributed by atoms with Gasteiger partial charge in [0.25, 0.3) is 0 Å². The summed E-state index contributed by atoms with van der Waals surface area (Å²) in [6, 6.07) is 15.0. The van der Waals surface area contributed by atoms with Gasteiger partial charge in [0.2, 0.25) is 0 Å². The molecular weight excluding hydrogens is 316 g/mol. The van der Waals surface area contributed by atoms with Crippen molar-refractivity contribution in [1.29, 1.82) is 0 Å². The average Bonchev–Trinajstić information content (AvgIpc) is 2.66. The van der Waals surface area contributed by atoms with Crippen LogP contribution in [0.3, 0.4) is 0 Å². The van der Waals surface area contributed by atoms with Crippen LogP contribution in [-0.4, -0.2) is 24.9 Å². The van der Waals surface area contributed by atoms with Gasteiger partial charge in [0, 0.05) is 13.7 Å². The number of methoxy groups -OCH3 is 1. The molecule has 0 saturated heterocycles. The summed E-state index contributed by atoms with van der Waals surface area (Å²) in [5, 5.41) is 15.2. The van der Waals surface area contributed by atoms with Crippen LogP contribution in [0.4, 0.5) is 4.79 Å². The molecule has 0 aliphatic carbocycles. The molecule has 0 bridgehead atoms. The number of hydrogen-bond donors (Lipinski definition) is 3. The third-order valence-electron chi connectivity index (χ3n) is 4.14. The summed E-state index contributed by atoms with van der Waals surface area (Å²) in [4.78, 5) is 12.2. The predicted octanol–water partition coefficient (Wildman–Crippen LogP) is 2.93. The van der Waals surface area contributed by atoms with E-state index in [1.807, 2.05) is 48.5 Å². The largest absolute Gasteiger partial charge is 0.394 e. The van der Waals surface area contributed by atoms with E-state index in [2.05, 4.69) is 17.6 Å². The predicted molar refractivity (Wildman–Crippen MR) is 98.2 cm³/mol. The van der Waals surface area contributed by atoms with E-state index in [-0.39, 0.29) is 12.6 Å². The summed E-state index contributed by atoms with van der Waals surface area (Å²) >= 11 is 0. The Bertz CT molecular complexity index is 671. The third-order valence-corrected chi connectivity index (χ3v) is 4.14. The Balaban J connectivity index is 1.93. The number of aliphatic hydroxyl groups is 1. The van der Waals surface area contributed by atoms with E-state index in [1.165, 1.54) is 5.56 Å². The van der Waals surface area contributed by atoms with Gasteiger partial charge in [-0.25, -0.2) is 4.79 Å². The fourth-order valence-electron chi connectivity index (χ4n) is 2.63. The molecule has 5 nitrogen and oxygen atoms in total. The Kier molecular flexibility index (Phi) is 7.44. The number of aliphatic hydroxyl groups excluding tert-OH is 1. The molecule has 1 unspecified atom stereocenters. The van der Waals surface area contributed by atoms with E-state index in [9.17, 15) is 9.90 Å². The van der Waals surface area contributed by atoms with Crippen molar-refractivity contribution in [3.63, 3.8) is 0 Å². The second-order valence-electron chi connectivity index (χ2n) is 5.86. The van der Waals surface area contributed by atoms with Gasteiger partial charge >= 0.3 is 6.03 Å². The van der Waals surface area contributed by atoms with Gasteiger partial charge in [-0.2, -0.15) is 0 Å². The maximum absolute atomic E-state index is 12.2. The first-order valence-corrected chi connectivity index (χ1v) is 8.47. The van der Waals surface area contributed by atoms with Gasteiger partial charge in [0.05, 0.1) is 19.3 Å². The Hall–Kier alpha value is -2.37. The number of carbonyl (C=O) groups is 1. The molecule has 0 saturated carbocycles. The number of amides is 2. The summed E-state index contributed by atoms with van der Waals surface area (Å²) in [6.45, 7) is 2.84. The van der Waals surface area contributed by atoms with E-state index in [1.54, 1.807) is 7.11 Å². The molecule has 2 amide bonds. The highest BCUT2D eigenvalue weighted by Gasteiger charge is 2.13. The molecule has 0 spiro atoms. The second kappa shape index (κ2) is 9.81. The number of urea groups is 1. The van der Waals surface area contributed by atoms with E-state index >= 15 is 0 Å². The zero-order chi connectivity index (χ0) is 18.1. The van der Waals surface area contributed by atoms with Crippen molar-refractivity contribution in [2.75, 3.05) is 13.7 Å². The van der Waals surface area contributed by atoms with Crippen LogP contribution >= 0.6 is 0 Å².